The number of aliphatic carboxylic acids is 1. The zero-order chi connectivity index (χ0) is 13.0. The number of benzene rings is 1. The fourth-order valence-electron chi connectivity index (χ4n) is 1.08. The van der Waals surface area contributed by atoms with Crippen LogP contribution in [-0.2, 0) is 4.79 Å². The molecule has 0 heterocycles. The molecular formula is C10H10N2O5. The molecule has 0 saturated carbocycles. The molecular weight excluding hydrogens is 228 g/mol. The number of carbonyl (C=O) groups excluding carboxylic acids is 1. The third kappa shape index (κ3) is 3.26. The van der Waals surface area contributed by atoms with Crippen molar-refractivity contribution in [3.8, 4) is 0 Å². The number of carbonyl (C=O) groups is 2. The summed E-state index contributed by atoms with van der Waals surface area (Å²) >= 11 is 0. The highest BCUT2D eigenvalue weighted by Crippen LogP contribution is 2.11. The van der Waals surface area contributed by atoms with Crippen LogP contribution in [0.5, 0.6) is 0 Å². The van der Waals surface area contributed by atoms with Crippen LogP contribution in [0.3, 0.4) is 0 Å². The number of nitro benzene ring substituents is 1. The van der Waals surface area contributed by atoms with Gasteiger partial charge in [0.05, 0.1) is 4.92 Å². The second kappa shape index (κ2) is 5.06. The number of carboxylic acids is 1. The Kier molecular flexibility index (Phi) is 3.76. The topological polar surface area (TPSA) is 110 Å². The van der Waals surface area contributed by atoms with Gasteiger partial charge in [-0.3, -0.25) is 19.7 Å². The lowest BCUT2D eigenvalue weighted by atomic mass is 10.2. The van der Waals surface area contributed by atoms with E-state index >= 15 is 0 Å². The first kappa shape index (κ1) is 12.6. The van der Waals surface area contributed by atoms with Gasteiger partial charge in [-0.25, -0.2) is 0 Å². The van der Waals surface area contributed by atoms with Crippen LogP contribution < -0.4 is 5.32 Å². The molecule has 0 spiro atoms. The van der Waals surface area contributed by atoms with Crippen molar-refractivity contribution in [2.75, 3.05) is 0 Å². The predicted molar refractivity (Wildman–Crippen MR) is 57.7 cm³/mol. The van der Waals surface area contributed by atoms with Gasteiger partial charge < -0.3 is 10.4 Å². The third-order valence-electron chi connectivity index (χ3n) is 2.06. The lowest BCUT2D eigenvalue weighted by molar-refractivity contribution is -0.384. The van der Waals surface area contributed by atoms with E-state index in [9.17, 15) is 19.7 Å². The molecule has 90 valence electrons. The molecule has 7 heteroatoms. The summed E-state index contributed by atoms with van der Waals surface area (Å²) in [5.74, 6) is -1.74. The van der Waals surface area contributed by atoms with Crippen molar-refractivity contribution >= 4 is 17.6 Å². The standard InChI is InChI=1S/C10H10N2O5/c1-6(10(14)15)11-9(13)7-2-4-8(5-3-7)12(16)17/h2-6H,1H3,(H,11,13)(H,14,15). The van der Waals surface area contributed by atoms with Crippen molar-refractivity contribution in [1.82, 2.24) is 5.32 Å². The highest BCUT2D eigenvalue weighted by molar-refractivity contribution is 5.96. The van der Waals surface area contributed by atoms with Gasteiger partial charge in [0.1, 0.15) is 6.04 Å². The molecule has 1 aromatic rings. The molecule has 0 radical (unpaired) electrons. The molecule has 0 aliphatic heterocycles. The Morgan fingerprint density at radius 1 is 1.35 bits per heavy atom. The highest BCUT2D eigenvalue weighted by atomic mass is 16.6. The van der Waals surface area contributed by atoms with Gasteiger partial charge in [-0.05, 0) is 19.1 Å². The average molecular weight is 238 g/mol. The van der Waals surface area contributed by atoms with Crippen LogP contribution in [0.1, 0.15) is 17.3 Å². The Morgan fingerprint density at radius 2 is 1.88 bits per heavy atom. The van der Waals surface area contributed by atoms with E-state index in [0.29, 0.717) is 0 Å². The molecule has 1 unspecified atom stereocenters. The van der Waals surface area contributed by atoms with E-state index in [2.05, 4.69) is 5.32 Å². The van der Waals surface area contributed by atoms with Gasteiger partial charge in [-0.1, -0.05) is 0 Å². The molecule has 0 fully saturated rings. The van der Waals surface area contributed by atoms with Crippen LogP contribution in [0.25, 0.3) is 0 Å². The maximum Gasteiger partial charge on any atom is 0.325 e. The summed E-state index contributed by atoms with van der Waals surface area (Å²) < 4.78 is 0. The van der Waals surface area contributed by atoms with Crippen LogP contribution >= 0.6 is 0 Å². The number of nitro groups is 1. The molecule has 1 amide bonds. The van der Waals surface area contributed by atoms with Crippen molar-refractivity contribution in [2.45, 2.75) is 13.0 Å². The number of rotatable bonds is 4. The van der Waals surface area contributed by atoms with Gasteiger partial charge in [0.25, 0.3) is 11.6 Å². The first-order valence-corrected chi connectivity index (χ1v) is 4.70. The molecule has 0 bridgehead atoms. The zero-order valence-corrected chi connectivity index (χ0v) is 8.91. The molecule has 1 atom stereocenters. The summed E-state index contributed by atoms with van der Waals surface area (Å²) in [6, 6.07) is 3.88. The zero-order valence-electron chi connectivity index (χ0n) is 8.91. The van der Waals surface area contributed by atoms with Crippen LogP contribution in [0.15, 0.2) is 24.3 Å². The minimum atomic E-state index is -1.15. The second-order valence-corrected chi connectivity index (χ2v) is 3.34. The van der Waals surface area contributed by atoms with E-state index in [4.69, 9.17) is 5.11 Å². The van der Waals surface area contributed by atoms with Crippen molar-refractivity contribution in [3.63, 3.8) is 0 Å². The number of nitrogens with one attached hydrogen (secondary N) is 1. The van der Waals surface area contributed by atoms with Gasteiger partial charge in [-0.2, -0.15) is 0 Å². The Balaban J connectivity index is 2.77. The number of nitrogens with zero attached hydrogens (tertiary/aromatic N) is 1. The van der Waals surface area contributed by atoms with Crippen LogP contribution in [0, 0.1) is 10.1 Å². The first-order chi connectivity index (χ1) is 7.91. The highest BCUT2D eigenvalue weighted by Gasteiger charge is 2.15. The summed E-state index contributed by atoms with van der Waals surface area (Å²) in [7, 11) is 0. The molecule has 1 rings (SSSR count). The van der Waals surface area contributed by atoms with Crippen molar-refractivity contribution < 1.29 is 19.6 Å². The fourth-order valence-corrected chi connectivity index (χ4v) is 1.08. The fraction of sp³-hybridized carbons (Fsp3) is 0.200. The molecule has 17 heavy (non-hydrogen) atoms. The van der Waals surface area contributed by atoms with E-state index in [1.165, 1.54) is 31.2 Å². The smallest absolute Gasteiger partial charge is 0.325 e. The summed E-state index contributed by atoms with van der Waals surface area (Å²) in [5, 5.41) is 21.2. The van der Waals surface area contributed by atoms with Crippen molar-refractivity contribution in [3.05, 3.63) is 39.9 Å². The Bertz CT molecular complexity index is 454. The van der Waals surface area contributed by atoms with Gasteiger partial charge in [0.2, 0.25) is 0 Å². The van der Waals surface area contributed by atoms with Crippen molar-refractivity contribution in [2.24, 2.45) is 0 Å². The van der Waals surface area contributed by atoms with Gasteiger partial charge in [-0.15, -0.1) is 0 Å². The van der Waals surface area contributed by atoms with E-state index in [-0.39, 0.29) is 11.3 Å². The lowest BCUT2D eigenvalue weighted by Crippen LogP contribution is -2.38. The molecule has 2 N–H and O–H groups in total. The SMILES string of the molecule is CC(NC(=O)c1ccc([N+](=O)[O-])cc1)C(=O)O. The summed E-state index contributed by atoms with van der Waals surface area (Å²) in [6.45, 7) is 1.33. The molecule has 0 aromatic heterocycles. The lowest BCUT2D eigenvalue weighted by Gasteiger charge is -2.08. The second-order valence-electron chi connectivity index (χ2n) is 3.34. The summed E-state index contributed by atoms with van der Waals surface area (Å²) in [6.07, 6.45) is 0. The van der Waals surface area contributed by atoms with Crippen LogP contribution in [0.4, 0.5) is 5.69 Å². The van der Waals surface area contributed by atoms with E-state index in [0.717, 1.165) is 0 Å². The maximum absolute atomic E-state index is 11.5. The average Bonchev–Trinajstić information content (AvgIpc) is 2.28. The number of carboxylic acid groups (broad SMARTS) is 1. The summed E-state index contributed by atoms with van der Waals surface area (Å²) in [5.41, 5.74) is 0.0385. The van der Waals surface area contributed by atoms with Gasteiger partial charge in [0, 0.05) is 17.7 Å². The molecule has 0 aliphatic carbocycles. The van der Waals surface area contributed by atoms with Gasteiger partial charge in [0.15, 0.2) is 0 Å². The maximum atomic E-state index is 11.5. The number of non-ortho nitro benzene ring substituents is 1. The van der Waals surface area contributed by atoms with Gasteiger partial charge >= 0.3 is 5.97 Å². The summed E-state index contributed by atoms with van der Waals surface area (Å²) in [4.78, 5) is 31.8. The van der Waals surface area contributed by atoms with E-state index in [1.807, 2.05) is 0 Å². The quantitative estimate of drug-likeness (QED) is 0.595. The largest absolute Gasteiger partial charge is 0.480 e. The van der Waals surface area contributed by atoms with Crippen molar-refractivity contribution in [1.29, 1.82) is 0 Å². The molecule has 0 aliphatic rings. The number of hydrogen-bond donors (Lipinski definition) is 2. The number of hydrogen-bond acceptors (Lipinski definition) is 4. The minimum absolute atomic E-state index is 0.132. The molecule has 1 aromatic carbocycles. The Labute approximate surface area is 96.2 Å². The molecule has 7 nitrogen and oxygen atoms in total. The minimum Gasteiger partial charge on any atom is -0.480 e. The normalized spacial score (nSPS) is 11.6. The van der Waals surface area contributed by atoms with E-state index < -0.39 is 22.8 Å². The predicted octanol–water partition coefficient (Wildman–Crippen LogP) is 0.798. The third-order valence-corrected chi connectivity index (χ3v) is 2.06. The monoisotopic (exact) mass is 238 g/mol. The number of amides is 1. The van der Waals surface area contributed by atoms with Crippen LogP contribution in [-0.4, -0.2) is 27.9 Å². The van der Waals surface area contributed by atoms with E-state index in [1.54, 1.807) is 0 Å². The van der Waals surface area contributed by atoms with Crippen LogP contribution in [0.2, 0.25) is 0 Å². The molecule has 0 saturated heterocycles. The first-order valence-electron chi connectivity index (χ1n) is 4.70. The Hall–Kier alpha value is -2.44. The Morgan fingerprint density at radius 3 is 2.29 bits per heavy atom.